The van der Waals surface area contributed by atoms with Gasteiger partial charge in [-0.1, -0.05) is 26.7 Å². The largest absolute Gasteiger partial charge is 0.469 e. The fourth-order valence-corrected chi connectivity index (χ4v) is 4.66. The van der Waals surface area contributed by atoms with E-state index in [0.29, 0.717) is 6.42 Å². The molecule has 1 heterocycles. The summed E-state index contributed by atoms with van der Waals surface area (Å²) in [5, 5.41) is 9.83. The van der Waals surface area contributed by atoms with Crippen molar-refractivity contribution in [3.8, 4) is 0 Å². The highest BCUT2D eigenvalue weighted by atomic mass is 16.6. The molecule has 1 aliphatic carbocycles. The number of aliphatic hydroxyl groups excluding tert-OH is 1. The molecule has 2 bridgehead atoms. The second kappa shape index (κ2) is 5.64. The molecule has 0 aromatic rings. The van der Waals surface area contributed by atoms with Crippen molar-refractivity contribution in [2.24, 2.45) is 5.41 Å². The number of methoxy groups -OCH3 is 1. The Bertz CT molecular complexity index is 361. The standard InChI is InChI=1S/C16H28O4/c1-4-7-16(8-5-2)15(13(18)19-3)10-6-9-14(11-15,12-17)20-16/h17H,4-12H2,1-3H3/t14?,15-/m0/s1. The molecular formula is C16H28O4. The first-order valence-corrected chi connectivity index (χ1v) is 7.93. The molecule has 0 aromatic carbocycles. The Labute approximate surface area is 121 Å². The summed E-state index contributed by atoms with van der Waals surface area (Å²) in [6.45, 7) is 4.25. The number of aliphatic hydroxyl groups is 1. The maximum atomic E-state index is 12.6. The van der Waals surface area contributed by atoms with Gasteiger partial charge in [0.2, 0.25) is 0 Å². The van der Waals surface area contributed by atoms with E-state index in [2.05, 4.69) is 13.8 Å². The number of ether oxygens (including phenoxy) is 2. The quantitative estimate of drug-likeness (QED) is 0.762. The van der Waals surface area contributed by atoms with Gasteiger partial charge in [-0.05, 0) is 38.5 Å². The number of hydrogen-bond acceptors (Lipinski definition) is 4. The first kappa shape index (κ1) is 15.8. The molecule has 4 heteroatoms. The van der Waals surface area contributed by atoms with Crippen LogP contribution in [0.1, 0.15) is 65.2 Å². The van der Waals surface area contributed by atoms with Crippen LogP contribution in [0.25, 0.3) is 0 Å². The first-order valence-electron chi connectivity index (χ1n) is 7.93. The molecule has 1 aliphatic heterocycles. The summed E-state index contributed by atoms with van der Waals surface area (Å²) in [4.78, 5) is 12.6. The van der Waals surface area contributed by atoms with E-state index in [1.807, 2.05) is 0 Å². The van der Waals surface area contributed by atoms with Crippen LogP contribution in [-0.4, -0.2) is 36.0 Å². The minimum Gasteiger partial charge on any atom is -0.469 e. The number of fused-ring (bicyclic) bond motifs is 2. The lowest BCUT2D eigenvalue weighted by atomic mass is 9.60. The number of esters is 1. The number of hydrogen-bond donors (Lipinski definition) is 1. The molecule has 20 heavy (non-hydrogen) atoms. The number of carbonyl (C=O) groups excluding carboxylic acids is 1. The van der Waals surface area contributed by atoms with Crippen LogP contribution in [0.15, 0.2) is 0 Å². The summed E-state index contributed by atoms with van der Waals surface area (Å²) in [5.41, 5.74) is -1.55. The van der Waals surface area contributed by atoms with Crippen LogP contribution in [0.4, 0.5) is 0 Å². The molecule has 0 aromatic heterocycles. The van der Waals surface area contributed by atoms with Gasteiger partial charge < -0.3 is 14.6 Å². The molecule has 2 rings (SSSR count). The van der Waals surface area contributed by atoms with Gasteiger partial charge in [-0.2, -0.15) is 0 Å². The van der Waals surface area contributed by atoms with E-state index in [4.69, 9.17) is 9.47 Å². The lowest BCUT2D eigenvalue weighted by molar-refractivity contribution is -0.174. The summed E-state index contributed by atoms with van der Waals surface area (Å²) in [5.74, 6) is -0.144. The van der Waals surface area contributed by atoms with Crippen LogP contribution in [-0.2, 0) is 14.3 Å². The third-order valence-electron chi connectivity index (χ3n) is 5.32. The summed E-state index contributed by atoms with van der Waals surface area (Å²) in [6, 6.07) is 0. The van der Waals surface area contributed by atoms with Crippen molar-refractivity contribution in [1.82, 2.24) is 0 Å². The predicted molar refractivity (Wildman–Crippen MR) is 76.4 cm³/mol. The molecular weight excluding hydrogens is 256 g/mol. The van der Waals surface area contributed by atoms with Gasteiger partial charge in [0, 0.05) is 0 Å². The number of rotatable bonds is 6. The third kappa shape index (κ3) is 2.08. The zero-order chi connectivity index (χ0) is 14.9. The Morgan fingerprint density at radius 1 is 1.25 bits per heavy atom. The van der Waals surface area contributed by atoms with Crippen LogP contribution in [0.5, 0.6) is 0 Å². The molecule has 1 saturated carbocycles. The molecule has 0 spiro atoms. The van der Waals surface area contributed by atoms with E-state index in [0.717, 1.165) is 44.9 Å². The van der Waals surface area contributed by atoms with Gasteiger partial charge in [-0.25, -0.2) is 0 Å². The molecule has 4 nitrogen and oxygen atoms in total. The van der Waals surface area contributed by atoms with Crippen molar-refractivity contribution in [2.75, 3.05) is 13.7 Å². The van der Waals surface area contributed by atoms with E-state index in [9.17, 15) is 9.90 Å². The van der Waals surface area contributed by atoms with Crippen LogP contribution < -0.4 is 0 Å². The second-order valence-corrected chi connectivity index (χ2v) is 6.54. The smallest absolute Gasteiger partial charge is 0.314 e. The molecule has 2 atom stereocenters. The molecule has 0 radical (unpaired) electrons. The van der Waals surface area contributed by atoms with Gasteiger partial charge in [0.05, 0.1) is 30.3 Å². The first-order chi connectivity index (χ1) is 9.53. The summed E-state index contributed by atoms with van der Waals surface area (Å²) in [6.07, 6.45) is 6.86. The van der Waals surface area contributed by atoms with Crippen molar-refractivity contribution in [3.63, 3.8) is 0 Å². The zero-order valence-corrected chi connectivity index (χ0v) is 13.0. The molecule has 0 amide bonds. The Kier molecular flexibility index (Phi) is 4.45. The lowest BCUT2D eigenvalue weighted by Gasteiger charge is -2.42. The minimum atomic E-state index is -0.561. The molecule has 116 valence electrons. The Morgan fingerprint density at radius 3 is 2.40 bits per heavy atom. The van der Waals surface area contributed by atoms with Gasteiger partial charge in [-0.15, -0.1) is 0 Å². The highest BCUT2D eigenvalue weighted by Crippen LogP contribution is 2.62. The highest BCUT2D eigenvalue weighted by molar-refractivity contribution is 5.79. The highest BCUT2D eigenvalue weighted by Gasteiger charge is 2.69. The summed E-state index contributed by atoms with van der Waals surface area (Å²) < 4.78 is 11.6. The SMILES string of the molecule is CCCC1(CCC)OC2(CO)CCC[C@@]1(C(=O)OC)C2. The predicted octanol–water partition coefficient (Wildman–Crippen LogP) is 2.82. The van der Waals surface area contributed by atoms with Crippen molar-refractivity contribution in [3.05, 3.63) is 0 Å². The molecule has 2 aliphatic rings. The lowest BCUT2D eigenvalue weighted by Crippen LogP contribution is -2.50. The topological polar surface area (TPSA) is 55.8 Å². The fraction of sp³-hybridized carbons (Fsp3) is 0.938. The van der Waals surface area contributed by atoms with E-state index in [1.54, 1.807) is 0 Å². The second-order valence-electron chi connectivity index (χ2n) is 6.54. The maximum absolute atomic E-state index is 12.6. The third-order valence-corrected chi connectivity index (χ3v) is 5.32. The molecule has 1 N–H and O–H groups in total. The normalized spacial score (nSPS) is 35.0. The summed E-state index contributed by atoms with van der Waals surface area (Å²) in [7, 11) is 1.47. The monoisotopic (exact) mass is 284 g/mol. The fourth-order valence-electron chi connectivity index (χ4n) is 4.66. The summed E-state index contributed by atoms with van der Waals surface area (Å²) >= 11 is 0. The average Bonchev–Trinajstić information content (AvgIpc) is 2.65. The maximum Gasteiger partial charge on any atom is 0.314 e. The van der Waals surface area contributed by atoms with Crippen LogP contribution in [0.2, 0.25) is 0 Å². The number of carbonyl (C=O) groups is 1. The minimum absolute atomic E-state index is 0.000916. The molecule has 1 unspecified atom stereocenters. The van der Waals surface area contributed by atoms with E-state index in [-0.39, 0.29) is 12.6 Å². The Morgan fingerprint density at radius 2 is 1.90 bits per heavy atom. The van der Waals surface area contributed by atoms with Gasteiger partial charge in [0.1, 0.15) is 0 Å². The Balaban J connectivity index is 2.48. The molecule has 2 fully saturated rings. The van der Waals surface area contributed by atoms with E-state index in [1.165, 1.54) is 7.11 Å². The average molecular weight is 284 g/mol. The van der Waals surface area contributed by atoms with Gasteiger partial charge in [0.15, 0.2) is 0 Å². The van der Waals surface area contributed by atoms with Crippen LogP contribution in [0, 0.1) is 5.41 Å². The van der Waals surface area contributed by atoms with Crippen molar-refractivity contribution in [1.29, 1.82) is 0 Å². The molecule has 1 saturated heterocycles. The van der Waals surface area contributed by atoms with Gasteiger partial charge in [0.25, 0.3) is 0 Å². The van der Waals surface area contributed by atoms with Crippen LogP contribution in [0.3, 0.4) is 0 Å². The van der Waals surface area contributed by atoms with Gasteiger partial charge >= 0.3 is 5.97 Å². The van der Waals surface area contributed by atoms with Crippen molar-refractivity contribution in [2.45, 2.75) is 76.4 Å². The zero-order valence-electron chi connectivity index (χ0n) is 13.0. The van der Waals surface area contributed by atoms with Crippen molar-refractivity contribution >= 4 is 5.97 Å². The van der Waals surface area contributed by atoms with Crippen molar-refractivity contribution < 1.29 is 19.4 Å². The van der Waals surface area contributed by atoms with E-state index >= 15 is 0 Å². The van der Waals surface area contributed by atoms with Gasteiger partial charge in [-0.3, -0.25) is 4.79 Å². The van der Waals surface area contributed by atoms with E-state index < -0.39 is 16.6 Å². The Hall–Kier alpha value is -0.610. The van der Waals surface area contributed by atoms with Crippen LogP contribution >= 0.6 is 0 Å².